The van der Waals surface area contributed by atoms with Gasteiger partial charge in [-0.1, -0.05) is 0 Å². The summed E-state index contributed by atoms with van der Waals surface area (Å²) in [5.74, 6) is -1.22. The van der Waals surface area contributed by atoms with Crippen LogP contribution in [0.15, 0.2) is 36.4 Å². The number of benzene rings is 1. The normalized spacial score (nSPS) is 14.4. The quantitative estimate of drug-likeness (QED) is 0.880. The summed E-state index contributed by atoms with van der Waals surface area (Å²) in [7, 11) is 0. The molecular formula is C17H17N3O3. The lowest BCUT2D eigenvalue weighted by molar-refractivity contribution is -0.141. The average molecular weight is 311 g/mol. The summed E-state index contributed by atoms with van der Waals surface area (Å²) < 4.78 is 2.08. The van der Waals surface area contributed by atoms with E-state index in [-0.39, 0.29) is 24.7 Å². The zero-order valence-corrected chi connectivity index (χ0v) is 13.0. The number of carbonyl (C=O) groups is 3. The van der Waals surface area contributed by atoms with Crippen LogP contribution in [0.3, 0.4) is 0 Å². The van der Waals surface area contributed by atoms with Crippen molar-refractivity contribution in [2.45, 2.75) is 26.7 Å². The predicted octanol–water partition coefficient (Wildman–Crippen LogP) is 1.89. The molecule has 6 nitrogen and oxygen atoms in total. The summed E-state index contributed by atoms with van der Waals surface area (Å²) in [6.45, 7) is 4.02. The molecule has 0 bridgehead atoms. The molecule has 0 spiro atoms. The van der Waals surface area contributed by atoms with Crippen molar-refractivity contribution in [3.63, 3.8) is 0 Å². The van der Waals surface area contributed by atoms with E-state index in [1.165, 1.54) is 0 Å². The van der Waals surface area contributed by atoms with Gasteiger partial charge < -0.3 is 4.57 Å². The van der Waals surface area contributed by atoms with E-state index in [0.29, 0.717) is 5.56 Å². The second-order valence-corrected chi connectivity index (χ2v) is 5.56. The first-order valence-corrected chi connectivity index (χ1v) is 7.39. The van der Waals surface area contributed by atoms with Crippen LogP contribution in [0.1, 0.15) is 34.6 Å². The van der Waals surface area contributed by atoms with Gasteiger partial charge in [-0.15, -0.1) is 0 Å². The summed E-state index contributed by atoms with van der Waals surface area (Å²) in [6, 6.07) is 11.1. The van der Waals surface area contributed by atoms with E-state index >= 15 is 0 Å². The number of rotatable bonds is 3. The number of hydrogen-bond donors (Lipinski definition) is 1. The lowest BCUT2D eigenvalue weighted by Gasteiger charge is -2.15. The van der Waals surface area contributed by atoms with Gasteiger partial charge in [-0.3, -0.25) is 19.8 Å². The van der Waals surface area contributed by atoms with Crippen molar-refractivity contribution < 1.29 is 14.4 Å². The van der Waals surface area contributed by atoms with Gasteiger partial charge in [0.2, 0.25) is 11.8 Å². The molecule has 0 aliphatic carbocycles. The van der Waals surface area contributed by atoms with Crippen LogP contribution >= 0.6 is 0 Å². The standard InChI is InChI=1S/C17H17N3O3/c1-11-3-4-12(2)19(11)14-7-5-13(6-8-14)17(23)18-20-15(21)9-10-16(20)22/h3-8H,9-10H2,1-2H3,(H,18,23). The minimum Gasteiger partial charge on any atom is -0.319 e. The highest BCUT2D eigenvalue weighted by atomic mass is 16.2. The molecule has 6 heteroatoms. The number of hydrogen-bond acceptors (Lipinski definition) is 3. The molecule has 3 rings (SSSR count). The zero-order chi connectivity index (χ0) is 16.6. The Balaban J connectivity index is 1.78. The second-order valence-electron chi connectivity index (χ2n) is 5.56. The number of nitrogens with one attached hydrogen (secondary N) is 1. The van der Waals surface area contributed by atoms with Crippen molar-refractivity contribution in [3.8, 4) is 5.69 Å². The number of amides is 3. The van der Waals surface area contributed by atoms with Crippen LogP contribution in [0.25, 0.3) is 5.69 Å². The summed E-state index contributed by atoms with van der Waals surface area (Å²) in [5, 5.41) is 0.802. The van der Waals surface area contributed by atoms with Gasteiger partial charge in [0.15, 0.2) is 0 Å². The molecule has 2 aromatic rings. The lowest BCUT2D eigenvalue weighted by Crippen LogP contribution is -2.45. The maximum Gasteiger partial charge on any atom is 0.270 e. The first kappa shape index (κ1) is 15.0. The van der Waals surface area contributed by atoms with E-state index in [1.807, 2.05) is 38.1 Å². The molecule has 0 unspecified atom stereocenters. The predicted molar refractivity (Wildman–Crippen MR) is 83.8 cm³/mol. The summed E-state index contributed by atoms with van der Waals surface area (Å²) in [4.78, 5) is 35.2. The minimum absolute atomic E-state index is 0.143. The number of nitrogens with zero attached hydrogens (tertiary/aromatic N) is 2. The SMILES string of the molecule is Cc1ccc(C)n1-c1ccc(C(=O)NN2C(=O)CCC2=O)cc1. The number of imide groups is 1. The molecule has 118 valence electrons. The fourth-order valence-electron chi connectivity index (χ4n) is 2.70. The van der Waals surface area contributed by atoms with Crippen LogP contribution in [0.5, 0.6) is 0 Å². The van der Waals surface area contributed by atoms with Crippen LogP contribution in [-0.2, 0) is 9.59 Å². The monoisotopic (exact) mass is 311 g/mol. The Hall–Kier alpha value is -2.89. The van der Waals surface area contributed by atoms with E-state index in [0.717, 1.165) is 22.1 Å². The minimum atomic E-state index is -0.471. The largest absolute Gasteiger partial charge is 0.319 e. The third-order valence-corrected chi connectivity index (χ3v) is 3.92. The highest BCUT2D eigenvalue weighted by molar-refractivity contribution is 6.05. The molecule has 0 radical (unpaired) electrons. The molecule has 23 heavy (non-hydrogen) atoms. The van der Waals surface area contributed by atoms with Crippen molar-refractivity contribution >= 4 is 17.7 Å². The number of aromatic nitrogens is 1. The molecule has 1 saturated heterocycles. The van der Waals surface area contributed by atoms with Gasteiger partial charge in [0.05, 0.1) is 0 Å². The van der Waals surface area contributed by atoms with Gasteiger partial charge in [0.25, 0.3) is 5.91 Å². The molecule has 1 N–H and O–H groups in total. The molecule has 1 aromatic carbocycles. The van der Waals surface area contributed by atoms with Crippen molar-refractivity contribution in [1.29, 1.82) is 0 Å². The number of aryl methyl sites for hydroxylation is 2. The second kappa shape index (κ2) is 5.72. The Morgan fingerprint density at radius 1 is 0.913 bits per heavy atom. The van der Waals surface area contributed by atoms with Crippen LogP contribution in [0.4, 0.5) is 0 Å². The molecule has 3 amide bonds. The first-order chi connectivity index (χ1) is 11.0. The first-order valence-electron chi connectivity index (χ1n) is 7.39. The number of carbonyl (C=O) groups excluding carboxylic acids is 3. The molecule has 1 aromatic heterocycles. The van der Waals surface area contributed by atoms with E-state index in [1.54, 1.807) is 12.1 Å². The molecule has 1 fully saturated rings. The van der Waals surface area contributed by atoms with E-state index in [9.17, 15) is 14.4 Å². The van der Waals surface area contributed by atoms with E-state index in [4.69, 9.17) is 0 Å². The lowest BCUT2D eigenvalue weighted by atomic mass is 10.2. The fraction of sp³-hybridized carbons (Fsp3) is 0.235. The molecular weight excluding hydrogens is 294 g/mol. The Bertz CT molecular complexity index is 754. The third-order valence-electron chi connectivity index (χ3n) is 3.92. The van der Waals surface area contributed by atoms with Crippen LogP contribution in [-0.4, -0.2) is 27.3 Å². The third kappa shape index (κ3) is 2.75. The summed E-state index contributed by atoms with van der Waals surface area (Å²) in [6.07, 6.45) is 0.286. The maximum absolute atomic E-state index is 12.2. The highest BCUT2D eigenvalue weighted by Crippen LogP contribution is 2.17. The Morgan fingerprint density at radius 3 is 1.96 bits per heavy atom. The summed E-state index contributed by atoms with van der Waals surface area (Å²) >= 11 is 0. The summed E-state index contributed by atoms with van der Waals surface area (Å²) in [5.41, 5.74) is 5.92. The smallest absolute Gasteiger partial charge is 0.270 e. The van der Waals surface area contributed by atoms with Crippen LogP contribution in [0, 0.1) is 13.8 Å². The van der Waals surface area contributed by atoms with Gasteiger partial charge in [0.1, 0.15) is 0 Å². The number of hydrazine groups is 1. The topological polar surface area (TPSA) is 71.4 Å². The zero-order valence-electron chi connectivity index (χ0n) is 13.0. The van der Waals surface area contributed by atoms with Gasteiger partial charge in [-0.25, -0.2) is 0 Å². The Kier molecular flexibility index (Phi) is 3.73. The maximum atomic E-state index is 12.2. The molecule has 1 aliphatic heterocycles. The molecule has 2 heterocycles. The van der Waals surface area contributed by atoms with E-state index < -0.39 is 5.91 Å². The fourth-order valence-corrected chi connectivity index (χ4v) is 2.70. The molecule has 0 saturated carbocycles. The molecule has 1 aliphatic rings. The van der Waals surface area contributed by atoms with Crippen LogP contribution in [0.2, 0.25) is 0 Å². The average Bonchev–Trinajstić information content (AvgIpc) is 3.03. The highest BCUT2D eigenvalue weighted by Gasteiger charge is 2.30. The van der Waals surface area contributed by atoms with Crippen molar-refractivity contribution in [3.05, 3.63) is 53.3 Å². The van der Waals surface area contributed by atoms with Gasteiger partial charge in [-0.05, 0) is 50.2 Å². The Labute approximate surface area is 133 Å². The van der Waals surface area contributed by atoms with Gasteiger partial charge >= 0.3 is 0 Å². The Morgan fingerprint density at radius 2 is 1.43 bits per heavy atom. The van der Waals surface area contributed by atoms with E-state index in [2.05, 4.69) is 9.99 Å². The van der Waals surface area contributed by atoms with Crippen molar-refractivity contribution in [2.24, 2.45) is 0 Å². The van der Waals surface area contributed by atoms with Gasteiger partial charge in [0, 0.05) is 35.5 Å². The molecule has 0 atom stereocenters. The van der Waals surface area contributed by atoms with Gasteiger partial charge in [-0.2, -0.15) is 5.01 Å². The van der Waals surface area contributed by atoms with Crippen molar-refractivity contribution in [2.75, 3.05) is 0 Å². The van der Waals surface area contributed by atoms with Crippen molar-refractivity contribution in [1.82, 2.24) is 15.0 Å². The van der Waals surface area contributed by atoms with Crippen LogP contribution < -0.4 is 5.43 Å².